The molecule has 2 heteroatoms. The zero-order valence-corrected chi connectivity index (χ0v) is 8.92. The number of carboxylic acids is 1. The Morgan fingerprint density at radius 2 is 2.29 bits per heavy atom. The van der Waals surface area contributed by atoms with Crippen LogP contribution in [0, 0.1) is 11.3 Å². The standard InChI is InChI=1S/C12H18O2/c1-9-5-4-8-12(2,3)10(9)6-7-11(13)14/h6-7,10H,1,4-5,8H2,2-3H3,(H,13,14)/b7-6+. The molecule has 0 aromatic carbocycles. The Morgan fingerprint density at radius 3 is 2.79 bits per heavy atom. The number of allylic oxidation sites excluding steroid dienone is 2. The fourth-order valence-corrected chi connectivity index (χ4v) is 2.21. The first-order chi connectivity index (χ1) is 6.43. The molecule has 0 radical (unpaired) electrons. The van der Waals surface area contributed by atoms with Crippen LogP contribution in [0.3, 0.4) is 0 Å². The van der Waals surface area contributed by atoms with Crippen LogP contribution < -0.4 is 0 Å². The van der Waals surface area contributed by atoms with Crippen molar-refractivity contribution in [2.75, 3.05) is 0 Å². The first kappa shape index (κ1) is 11.0. The topological polar surface area (TPSA) is 37.3 Å². The molecule has 14 heavy (non-hydrogen) atoms. The fourth-order valence-electron chi connectivity index (χ4n) is 2.21. The first-order valence-corrected chi connectivity index (χ1v) is 5.02. The molecule has 1 unspecified atom stereocenters. The zero-order chi connectivity index (χ0) is 10.8. The third-order valence-electron chi connectivity index (χ3n) is 3.03. The quantitative estimate of drug-likeness (QED) is 0.542. The van der Waals surface area contributed by atoms with Crippen molar-refractivity contribution >= 4 is 5.97 Å². The Hall–Kier alpha value is -1.05. The molecular formula is C12H18O2. The van der Waals surface area contributed by atoms with Gasteiger partial charge in [0, 0.05) is 12.0 Å². The second kappa shape index (κ2) is 3.99. The Labute approximate surface area is 85.3 Å². The molecule has 0 saturated heterocycles. The van der Waals surface area contributed by atoms with E-state index in [0.29, 0.717) is 0 Å². The second-order valence-electron chi connectivity index (χ2n) is 4.68. The summed E-state index contributed by atoms with van der Waals surface area (Å²) < 4.78 is 0. The molecule has 0 amide bonds. The maximum atomic E-state index is 10.4. The van der Waals surface area contributed by atoms with Crippen LogP contribution in [0.5, 0.6) is 0 Å². The van der Waals surface area contributed by atoms with Crippen LogP contribution in [0.15, 0.2) is 24.3 Å². The summed E-state index contributed by atoms with van der Waals surface area (Å²) in [5.74, 6) is -0.661. The van der Waals surface area contributed by atoms with Crippen LogP contribution in [-0.2, 0) is 4.79 Å². The van der Waals surface area contributed by atoms with Crippen molar-refractivity contribution in [3.63, 3.8) is 0 Å². The summed E-state index contributed by atoms with van der Waals surface area (Å²) in [5.41, 5.74) is 1.32. The summed E-state index contributed by atoms with van der Waals surface area (Å²) in [7, 11) is 0. The lowest BCUT2D eigenvalue weighted by molar-refractivity contribution is -0.131. The highest BCUT2D eigenvalue weighted by molar-refractivity contribution is 5.79. The molecule has 1 N–H and O–H groups in total. The lowest BCUT2D eigenvalue weighted by Gasteiger charge is -2.38. The highest BCUT2D eigenvalue weighted by atomic mass is 16.4. The van der Waals surface area contributed by atoms with E-state index in [-0.39, 0.29) is 11.3 Å². The van der Waals surface area contributed by atoms with Crippen LogP contribution in [0.2, 0.25) is 0 Å². The Morgan fingerprint density at radius 1 is 1.64 bits per heavy atom. The molecule has 1 aliphatic rings. The van der Waals surface area contributed by atoms with E-state index >= 15 is 0 Å². The number of aliphatic carboxylic acids is 1. The van der Waals surface area contributed by atoms with Gasteiger partial charge >= 0.3 is 5.97 Å². The van der Waals surface area contributed by atoms with Crippen LogP contribution in [0.1, 0.15) is 33.1 Å². The van der Waals surface area contributed by atoms with Crippen molar-refractivity contribution in [1.82, 2.24) is 0 Å². The maximum absolute atomic E-state index is 10.4. The lowest BCUT2D eigenvalue weighted by Crippen LogP contribution is -2.28. The van der Waals surface area contributed by atoms with Crippen molar-refractivity contribution in [1.29, 1.82) is 0 Å². The zero-order valence-electron chi connectivity index (χ0n) is 8.92. The van der Waals surface area contributed by atoms with Crippen LogP contribution in [0.4, 0.5) is 0 Å². The molecule has 1 fully saturated rings. The van der Waals surface area contributed by atoms with Gasteiger partial charge < -0.3 is 5.11 Å². The molecular weight excluding hydrogens is 176 g/mol. The molecule has 78 valence electrons. The predicted molar refractivity (Wildman–Crippen MR) is 57.0 cm³/mol. The maximum Gasteiger partial charge on any atom is 0.327 e. The van der Waals surface area contributed by atoms with E-state index in [0.717, 1.165) is 12.8 Å². The van der Waals surface area contributed by atoms with Gasteiger partial charge in [0.25, 0.3) is 0 Å². The minimum absolute atomic E-state index is 0.154. The SMILES string of the molecule is C=C1CCCC(C)(C)C1/C=C/C(=O)O. The molecule has 2 nitrogen and oxygen atoms in total. The molecule has 0 aliphatic heterocycles. The molecule has 0 bridgehead atoms. The van der Waals surface area contributed by atoms with Gasteiger partial charge in [-0.2, -0.15) is 0 Å². The predicted octanol–water partition coefficient (Wildman–Crippen LogP) is 3.01. The van der Waals surface area contributed by atoms with Crippen molar-refractivity contribution in [2.24, 2.45) is 11.3 Å². The van der Waals surface area contributed by atoms with Gasteiger partial charge in [-0.25, -0.2) is 4.79 Å². The molecule has 1 atom stereocenters. The molecule has 1 saturated carbocycles. The molecule has 0 spiro atoms. The van der Waals surface area contributed by atoms with Crippen LogP contribution >= 0.6 is 0 Å². The van der Waals surface area contributed by atoms with E-state index in [9.17, 15) is 4.79 Å². The number of carboxylic acid groups (broad SMARTS) is 1. The van der Waals surface area contributed by atoms with Gasteiger partial charge in [0.05, 0.1) is 0 Å². The molecule has 1 aliphatic carbocycles. The summed E-state index contributed by atoms with van der Waals surface area (Å²) in [5, 5.41) is 8.58. The Kier molecular flexibility index (Phi) is 3.14. The summed E-state index contributed by atoms with van der Waals surface area (Å²) in [6.45, 7) is 8.37. The summed E-state index contributed by atoms with van der Waals surface area (Å²) in [6, 6.07) is 0. The molecule has 1 rings (SSSR count). The highest BCUT2D eigenvalue weighted by Crippen LogP contribution is 2.43. The van der Waals surface area contributed by atoms with Gasteiger partial charge in [-0.3, -0.25) is 0 Å². The van der Waals surface area contributed by atoms with E-state index in [4.69, 9.17) is 5.11 Å². The van der Waals surface area contributed by atoms with Crippen molar-refractivity contribution in [3.05, 3.63) is 24.3 Å². The Balaban J connectivity index is 2.80. The molecule has 0 aromatic rings. The molecule has 0 aromatic heterocycles. The van der Waals surface area contributed by atoms with E-state index in [1.807, 2.05) is 0 Å². The van der Waals surface area contributed by atoms with E-state index < -0.39 is 5.97 Å². The fraction of sp³-hybridized carbons (Fsp3) is 0.583. The summed E-state index contributed by atoms with van der Waals surface area (Å²) in [6.07, 6.45) is 6.36. The van der Waals surface area contributed by atoms with Gasteiger partial charge in [-0.05, 0) is 24.7 Å². The van der Waals surface area contributed by atoms with Gasteiger partial charge in [0.15, 0.2) is 0 Å². The average molecular weight is 194 g/mol. The minimum atomic E-state index is -0.876. The van der Waals surface area contributed by atoms with Crippen molar-refractivity contribution < 1.29 is 9.90 Å². The minimum Gasteiger partial charge on any atom is -0.478 e. The highest BCUT2D eigenvalue weighted by Gasteiger charge is 2.32. The normalized spacial score (nSPS) is 26.7. The summed E-state index contributed by atoms with van der Waals surface area (Å²) in [4.78, 5) is 10.4. The van der Waals surface area contributed by atoms with E-state index in [1.165, 1.54) is 18.1 Å². The average Bonchev–Trinajstić information content (AvgIpc) is 2.01. The van der Waals surface area contributed by atoms with E-state index in [2.05, 4.69) is 20.4 Å². The van der Waals surface area contributed by atoms with Gasteiger partial charge in [0.2, 0.25) is 0 Å². The largest absolute Gasteiger partial charge is 0.478 e. The summed E-state index contributed by atoms with van der Waals surface area (Å²) >= 11 is 0. The number of rotatable bonds is 2. The third kappa shape index (κ3) is 2.47. The lowest BCUT2D eigenvalue weighted by atomic mass is 9.67. The second-order valence-corrected chi connectivity index (χ2v) is 4.68. The smallest absolute Gasteiger partial charge is 0.327 e. The van der Waals surface area contributed by atoms with Crippen LogP contribution in [-0.4, -0.2) is 11.1 Å². The van der Waals surface area contributed by atoms with E-state index in [1.54, 1.807) is 6.08 Å². The van der Waals surface area contributed by atoms with Crippen molar-refractivity contribution in [3.8, 4) is 0 Å². The first-order valence-electron chi connectivity index (χ1n) is 5.02. The van der Waals surface area contributed by atoms with Crippen LogP contribution in [0.25, 0.3) is 0 Å². The number of hydrogen-bond donors (Lipinski definition) is 1. The number of carbonyl (C=O) groups is 1. The van der Waals surface area contributed by atoms with Gasteiger partial charge in [-0.1, -0.05) is 32.1 Å². The van der Waals surface area contributed by atoms with Gasteiger partial charge in [0.1, 0.15) is 0 Å². The number of hydrogen-bond acceptors (Lipinski definition) is 1. The monoisotopic (exact) mass is 194 g/mol. The third-order valence-corrected chi connectivity index (χ3v) is 3.03. The molecule has 0 heterocycles. The Bertz CT molecular complexity index is 274. The van der Waals surface area contributed by atoms with Crippen molar-refractivity contribution in [2.45, 2.75) is 33.1 Å². The van der Waals surface area contributed by atoms with Gasteiger partial charge in [-0.15, -0.1) is 0 Å².